The molecule has 0 spiro atoms. The molecule has 18 heavy (non-hydrogen) atoms. The first kappa shape index (κ1) is 12.1. The van der Waals surface area contributed by atoms with Gasteiger partial charge in [0.2, 0.25) is 5.95 Å². The number of anilines is 1. The molecule has 0 bridgehead atoms. The first-order valence-electron chi connectivity index (χ1n) is 7.35. The van der Waals surface area contributed by atoms with E-state index >= 15 is 0 Å². The molecule has 0 atom stereocenters. The molecule has 0 unspecified atom stereocenters. The van der Waals surface area contributed by atoms with E-state index < -0.39 is 0 Å². The number of nitrogens with one attached hydrogen (secondary N) is 1. The van der Waals surface area contributed by atoms with Gasteiger partial charge in [0.05, 0.1) is 5.69 Å². The standard InChI is InChI=1S/C15H25N3/c1-11-10-18(13-4-5-13)14(16-11)17-12-6-8-15(2,3)9-7-12/h10,12-13H,4-9H2,1-3H3,(H,16,17). The lowest BCUT2D eigenvalue weighted by Gasteiger charge is -2.34. The normalized spacial score (nSPS) is 24.2. The van der Waals surface area contributed by atoms with E-state index in [1.165, 1.54) is 38.5 Å². The Kier molecular flexibility index (Phi) is 2.87. The summed E-state index contributed by atoms with van der Waals surface area (Å²) in [5.74, 6) is 1.11. The van der Waals surface area contributed by atoms with Crippen molar-refractivity contribution in [3.05, 3.63) is 11.9 Å². The van der Waals surface area contributed by atoms with E-state index in [0.29, 0.717) is 17.5 Å². The first-order chi connectivity index (χ1) is 8.53. The van der Waals surface area contributed by atoms with Gasteiger partial charge in [-0.15, -0.1) is 0 Å². The Labute approximate surface area is 110 Å². The molecule has 3 nitrogen and oxygen atoms in total. The second kappa shape index (κ2) is 4.29. The van der Waals surface area contributed by atoms with Gasteiger partial charge in [0.25, 0.3) is 0 Å². The number of hydrogen-bond acceptors (Lipinski definition) is 2. The summed E-state index contributed by atoms with van der Waals surface area (Å²) in [5.41, 5.74) is 1.68. The number of hydrogen-bond donors (Lipinski definition) is 1. The van der Waals surface area contributed by atoms with E-state index in [-0.39, 0.29) is 0 Å². The maximum atomic E-state index is 4.65. The minimum Gasteiger partial charge on any atom is -0.353 e. The maximum Gasteiger partial charge on any atom is 0.203 e. The van der Waals surface area contributed by atoms with Gasteiger partial charge in [-0.05, 0) is 50.9 Å². The van der Waals surface area contributed by atoms with Crippen LogP contribution in [0.2, 0.25) is 0 Å². The zero-order valence-corrected chi connectivity index (χ0v) is 11.9. The Morgan fingerprint density at radius 3 is 2.50 bits per heavy atom. The zero-order chi connectivity index (χ0) is 12.8. The second-order valence-electron chi connectivity index (χ2n) is 6.93. The van der Waals surface area contributed by atoms with E-state index in [9.17, 15) is 0 Å². The van der Waals surface area contributed by atoms with Crippen molar-refractivity contribution in [2.75, 3.05) is 5.32 Å². The van der Waals surface area contributed by atoms with Gasteiger partial charge in [-0.1, -0.05) is 13.8 Å². The lowest BCUT2D eigenvalue weighted by molar-refractivity contribution is 0.232. The van der Waals surface area contributed by atoms with Crippen LogP contribution in [0.15, 0.2) is 6.20 Å². The van der Waals surface area contributed by atoms with Crippen molar-refractivity contribution in [2.45, 2.75) is 71.4 Å². The quantitative estimate of drug-likeness (QED) is 0.877. The third kappa shape index (κ3) is 2.55. The first-order valence-corrected chi connectivity index (χ1v) is 7.35. The monoisotopic (exact) mass is 247 g/mol. The van der Waals surface area contributed by atoms with Crippen LogP contribution in [-0.2, 0) is 0 Å². The highest BCUT2D eigenvalue weighted by Gasteiger charge is 2.30. The van der Waals surface area contributed by atoms with Gasteiger partial charge in [-0.3, -0.25) is 0 Å². The van der Waals surface area contributed by atoms with E-state index in [1.54, 1.807) is 0 Å². The molecule has 2 saturated carbocycles. The Bertz CT molecular complexity index is 419. The molecule has 1 heterocycles. The Morgan fingerprint density at radius 2 is 1.89 bits per heavy atom. The van der Waals surface area contributed by atoms with E-state index in [2.05, 4.69) is 41.8 Å². The number of nitrogens with zero attached hydrogens (tertiary/aromatic N) is 2. The minimum absolute atomic E-state index is 0.542. The zero-order valence-electron chi connectivity index (χ0n) is 11.9. The smallest absolute Gasteiger partial charge is 0.203 e. The molecular weight excluding hydrogens is 222 g/mol. The lowest BCUT2D eigenvalue weighted by atomic mass is 9.76. The lowest BCUT2D eigenvalue weighted by Crippen LogP contribution is -2.30. The molecule has 3 heteroatoms. The van der Waals surface area contributed by atoms with Gasteiger partial charge in [-0.2, -0.15) is 0 Å². The van der Waals surface area contributed by atoms with Crippen LogP contribution < -0.4 is 5.32 Å². The summed E-state index contributed by atoms with van der Waals surface area (Å²) in [4.78, 5) is 4.65. The predicted octanol–water partition coefficient (Wildman–Crippen LogP) is 3.91. The number of aromatic nitrogens is 2. The molecule has 1 aromatic heterocycles. The van der Waals surface area contributed by atoms with Crippen LogP contribution in [0, 0.1) is 12.3 Å². The van der Waals surface area contributed by atoms with Crippen LogP contribution in [0.3, 0.4) is 0 Å². The van der Waals surface area contributed by atoms with E-state index in [1.807, 2.05) is 0 Å². The average molecular weight is 247 g/mol. The number of aryl methyl sites for hydroxylation is 1. The number of rotatable bonds is 3. The third-order valence-electron chi connectivity index (χ3n) is 4.47. The van der Waals surface area contributed by atoms with Crippen molar-refractivity contribution in [3.8, 4) is 0 Å². The van der Waals surface area contributed by atoms with Crippen LogP contribution >= 0.6 is 0 Å². The van der Waals surface area contributed by atoms with Crippen molar-refractivity contribution in [3.63, 3.8) is 0 Å². The summed E-state index contributed by atoms with van der Waals surface area (Å²) in [6.45, 7) is 6.87. The predicted molar refractivity (Wildman–Crippen MR) is 74.9 cm³/mol. The fraction of sp³-hybridized carbons (Fsp3) is 0.800. The van der Waals surface area contributed by atoms with Gasteiger partial charge in [0, 0.05) is 18.3 Å². The van der Waals surface area contributed by atoms with E-state index in [0.717, 1.165) is 11.6 Å². The molecule has 3 rings (SSSR count). The summed E-state index contributed by atoms with van der Waals surface area (Å²) in [6, 6.07) is 1.34. The molecular formula is C15H25N3. The number of imidazole rings is 1. The van der Waals surface area contributed by atoms with Crippen molar-refractivity contribution >= 4 is 5.95 Å². The Morgan fingerprint density at radius 1 is 1.22 bits per heavy atom. The molecule has 0 aromatic carbocycles. The third-order valence-corrected chi connectivity index (χ3v) is 4.47. The second-order valence-corrected chi connectivity index (χ2v) is 6.93. The van der Waals surface area contributed by atoms with Crippen LogP contribution in [-0.4, -0.2) is 15.6 Å². The van der Waals surface area contributed by atoms with Crippen LogP contribution in [0.5, 0.6) is 0 Å². The van der Waals surface area contributed by atoms with Gasteiger partial charge >= 0.3 is 0 Å². The summed E-state index contributed by atoms with van der Waals surface area (Å²) in [6.07, 6.45) is 10.1. The summed E-state index contributed by atoms with van der Waals surface area (Å²) in [5, 5.41) is 3.68. The van der Waals surface area contributed by atoms with Crippen LogP contribution in [0.1, 0.15) is 64.1 Å². The van der Waals surface area contributed by atoms with Gasteiger partial charge in [-0.25, -0.2) is 4.98 Å². The van der Waals surface area contributed by atoms with Crippen molar-refractivity contribution in [2.24, 2.45) is 5.41 Å². The highest BCUT2D eigenvalue weighted by molar-refractivity contribution is 5.32. The fourth-order valence-corrected chi connectivity index (χ4v) is 2.98. The van der Waals surface area contributed by atoms with Gasteiger partial charge in [0.1, 0.15) is 0 Å². The van der Waals surface area contributed by atoms with Crippen molar-refractivity contribution in [1.29, 1.82) is 0 Å². The van der Waals surface area contributed by atoms with Crippen molar-refractivity contribution in [1.82, 2.24) is 9.55 Å². The summed E-state index contributed by atoms with van der Waals surface area (Å²) < 4.78 is 2.36. The molecule has 0 saturated heterocycles. The van der Waals surface area contributed by atoms with E-state index in [4.69, 9.17) is 0 Å². The molecule has 0 aliphatic heterocycles. The highest BCUT2D eigenvalue weighted by atomic mass is 15.2. The molecule has 2 aliphatic carbocycles. The van der Waals surface area contributed by atoms with Crippen LogP contribution in [0.4, 0.5) is 5.95 Å². The van der Waals surface area contributed by atoms with Gasteiger partial charge < -0.3 is 9.88 Å². The maximum absolute atomic E-state index is 4.65. The summed E-state index contributed by atoms with van der Waals surface area (Å²) in [7, 11) is 0. The van der Waals surface area contributed by atoms with Crippen molar-refractivity contribution < 1.29 is 0 Å². The largest absolute Gasteiger partial charge is 0.353 e. The SMILES string of the molecule is Cc1cn(C2CC2)c(NC2CCC(C)(C)CC2)n1. The average Bonchev–Trinajstić information content (AvgIpc) is 3.07. The Balaban J connectivity index is 1.66. The minimum atomic E-state index is 0.542. The molecule has 1 N–H and O–H groups in total. The van der Waals surface area contributed by atoms with Gasteiger partial charge in [0.15, 0.2) is 0 Å². The molecule has 0 radical (unpaired) electrons. The molecule has 100 valence electrons. The summed E-state index contributed by atoms with van der Waals surface area (Å²) >= 11 is 0. The molecule has 1 aromatic rings. The van der Waals surface area contributed by atoms with Crippen LogP contribution in [0.25, 0.3) is 0 Å². The highest BCUT2D eigenvalue weighted by Crippen LogP contribution is 2.39. The molecule has 0 amide bonds. The topological polar surface area (TPSA) is 29.9 Å². The molecule has 2 aliphatic rings. The Hall–Kier alpha value is -0.990. The fourth-order valence-electron chi connectivity index (χ4n) is 2.98. The molecule has 2 fully saturated rings.